The summed E-state index contributed by atoms with van der Waals surface area (Å²) in [6.07, 6.45) is 0. The number of hydrogen-bond acceptors (Lipinski definition) is 5. The Balaban J connectivity index is 1.79. The van der Waals surface area contributed by atoms with Crippen LogP contribution in [0.25, 0.3) is 5.57 Å². The SMILES string of the molecule is CCOC(=O)C1=C(c2ccccc2)c2ccc(C[N+]3(O)CCOCC3)cc2/C1=N\C. The summed E-state index contributed by atoms with van der Waals surface area (Å²) in [4.78, 5) is 17.4. The lowest BCUT2D eigenvalue weighted by molar-refractivity contribution is -1.12. The van der Waals surface area contributed by atoms with E-state index in [1.165, 1.54) is 0 Å². The highest BCUT2D eigenvalue weighted by Gasteiger charge is 2.35. The van der Waals surface area contributed by atoms with Crippen LogP contribution in [0.2, 0.25) is 0 Å². The molecule has 4 rings (SSSR count). The monoisotopic (exact) mass is 407 g/mol. The third kappa shape index (κ3) is 3.81. The fraction of sp³-hybridized carbons (Fsp3) is 0.333. The van der Waals surface area contributed by atoms with Crippen LogP contribution in [0.1, 0.15) is 29.2 Å². The van der Waals surface area contributed by atoms with Crippen LogP contribution in [0.15, 0.2) is 59.1 Å². The molecule has 2 aromatic rings. The molecule has 30 heavy (non-hydrogen) atoms. The first-order valence-corrected chi connectivity index (χ1v) is 10.3. The number of carbonyl (C=O) groups is 1. The minimum Gasteiger partial charge on any atom is -0.462 e. The molecule has 0 saturated carbocycles. The van der Waals surface area contributed by atoms with Crippen LogP contribution >= 0.6 is 0 Å². The average Bonchev–Trinajstić information content (AvgIpc) is 3.08. The summed E-state index contributed by atoms with van der Waals surface area (Å²) >= 11 is 0. The first kappa shape index (κ1) is 20.5. The molecule has 1 N–H and O–H groups in total. The number of fused-ring (bicyclic) bond motifs is 1. The van der Waals surface area contributed by atoms with Crippen molar-refractivity contribution >= 4 is 17.3 Å². The van der Waals surface area contributed by atoms with Crippen molar-refractivity contribution in [3.05, 3.63) is 76.4 Å². The van der Waals surface area contributed by atoms with Gasteiger partial charge in [0.1, 0.15) is 19.6 Å². The normalized spacial score (nSPS) is 19.1. The van der Waals surface area contributed by atoms with E-state index >= 15 is 0 Å². The van der Waals surface area contributed by atoms with Crippen LogP contribution < -0.4 is 0 Å². The number of nitrogens with zero attached hydrogens (tertiary/aromatic N) is 2. The number of esters is 1. The number of ether oxygens (including phenoxy) is 2. The van der Waals surface area contributed by atoms with Gasteiger partial charge in [-0.1, -0.05) is 42.5 Å². The standard InChI is InChI=1S/C24H27N2O4/c1-3-30-24(27)22-21(18-7-5-4-6-8-18)19-10-9-17(15-20(19)23(22)25-2)16-26(28)11-13-29-14-12-26/h4-10,15,28H,3,11-14,16H2,1-2H3/q+1/b25-23+. The molecular formula is C24H27N2O4+. The Hall–Kier alpha value is -2.80. The highest BCUT2D eigenvalue weighted by atomic mass is 16.6. The van der Waals surface area contributed by atoms with Crippen molar-refractivity contribution in [3.8, 4) is 0 Å². The van der Waals surface area contributed by atoms with Gasteiger partial charge < -0.3 is 9.47 Å². The lowest BCUT2D eigenvalue weighted by Crippen LogP contribution is -2.51. The lowest BCUT2D eigenvalue weighted by Gasteiger charge is -2.33. The number of hydroxylamine groups is 3. The van der Waals surface area contributed by atoms with Gasteiger partial charge in [0.2, 0.25) is 0 Å². The maximum absolute atomic E-state index is 12.9. The molecule has 0 atom stereocenters. The smallest absolute Gasteiger partial charge is 0.340 e. The zero-order chi connectivity index (χ0) is 21.1. The maximum Gasteiger partial charge on any atom is 0.340 e. The minimum absolute atomic E-state index is 0.0406. The third-order valence-electron chi connectivity index (χ3n) is 5.64. The van der Waals surface area contributed by atoms with E-state index in [2.05, 4.69) is 4.99 Å². The molecule has 1 saturated heterocycles. The molecule has 0 spiro atoms. The van der Waals surface area contributed by atoms with Crippen LogP contribution in [-0.2, 0) is 20.8 Å². The summed E-state index contributed by atoms with van der Waals surface area (Å²) in [6, 6.07) is 15.9. The number of aliphatic imine (C=N–C) groups is 1. The molecule has 0 unspecified atom stereocenters. The first-order valence-electron chi connectivity index (χ1n) is 10.3. The number of quaternary nitrogens is 1. The van der Waals surface area contributed by atoms with Crippen LogP contribution in [0.3, 0.4) is 0 Å². The van der Waals surface area contributed by atoms with Gasteiger partial charge in [-0.25, -0.2) is 10.0 Å². The second kappa shape index (κ2) is 8.52. The summed E-state index contributed by atoms with van der Waals surface area (Å²) in [5, 5.41) is 10.9. The first-order chi connectivity index (χ1) is 14.6. The third-order valence-corrected chi connectivity index (χ3v) is 5.64. The molecular weight excluding hydrogens is 380 g/mol. The van der Waals surface area contributed by atoms with E-state index in [9.17, 15) is 10.0 Å². The fourth-order valence-electron chi connectivity index (χ4n) is 4.21. The molecule has 6 heteroatoms. The van der Waals surface area contributed by atoms with Gasteiger partial charge in [0.25, 0.3) is 0 Å². The molecule has 2 aliphatic rings. The largest absolute Gasteiger partial charge is 0.462 e. The van der Waals surface area contributed by atoms with E-state index in [-0.39, 0.29) is 10.6 Å². The molecule has 1 heterocycles. The van der Waals surface area contributed by atoms with Crippen LogP contribution in [-0.4, -0.2) is 61.5 Å². The Morgan fingerprint density at radius 3 is 2.53 bits per heavy atom. The van der Waals surface area contributed by atoms with Crippen LogP contribution in [0.5, 0.6) is 0 Å². The van der Waals surface area contributed by atoms with Gasteiger partial charge in [0.05, 0.1) is 31.1 Å². The molecule has 1 aliphatic heterocycles. The van der Waals surface area contributed by atoms with Crippen LogP contribution in [0.4, 0.5) is 0 Å². The number of morpholine rings is 1. The molecule has 6 nitrogen and oxygen atoms in total. The highest BCUT2D eigenvalue weighted by molar-refractivity contribution is 6.37. The van der Waals surface area contributed by atoms with Crippen molar-refractivity contribution < 1.29 is 24.1 Å². The number of rotatable bonds is 5. The second-order valence-electron chi connectivity index (χ2n) is 7.60. The molecule has 0 amide bonds. The summed E-state index contributed by atoms with van der Waals surface area (Å²) in [6.45, 7) is 4.82. The zero-order valence-corrected chi connectivity index (χ0v) is 17.4. The predicted molar refractivity (Wildman–Crippen MR) is 114 cm³/mol. The van der Waals surface area contributed by atoms with Crippen molar-refractivity contribution in [1.29, 1.82) is 0 Å². The topological polar surface area (TPSA) is 68.1 Å². The Kier molecular flexibility index (Phi) is 5.81. The van der Waals surface area contributed by atoms with Gasteiger partial charge >= 0.3 is 5.97 Å². The summed E-state index contributed by atoms with van der Waals surface area (Å²) in [7, 11) is 1.70. The minimum atomic E-state index is -0.367. The number of benzene rings is 2. The Morgan fingerprint density at radius 1 is 1.13 bits per heavy atom. The second-order valence-corrected chi connectivity index (χ2v) is 7.60. The zero-order valence-electron chi connectivity index (χ0n) is 17.4. The quantitative estimate of drug-likeness (QED) is 0.610. The van der Waals surface area contributed by atoms with Gasteiger partial charge in [-0.15, -0.1) is 0 Å². The van der Waals surface area contributed by atoms with Gasteiger partial charge in [-0.3, -0.25) is 4.99 Å². The fourth-order valence-corrected chi connectivity index (χ4v) is 4.21. The summed E-state index contributed by atoms with van der Waals surface area (Å²) < 4.78 is 10.7. The number of hydrogen-bond donors (Lipinski definition) is 1. The summed E-state index contributed by atoms with van der Waals surface area (Å²) in [5.74, 6) is -0.367. The molecule has 0 aromatic heterocycles. The van der Waals surface area contributed by atoms with Gasteiger partial charge in [0, 0.05) is 23.7 Å². The Bertz CT molecular complexity index is 1010. The Labute approximate surface area is 176 Å². The van der Waals surface area contributed by atoms with Gasteiger partial charge in [0.15, 0.2) is 0 Å². The van der Waals surface area contributed by atoms with Crippen molar-refractivity contribution in [2.75, 3.05) is 40.0 Å². The van der Waals surface area contributed by atoms with E-state index in [0.717, 1.165) is 27.8 Å². The maximum atomic E-state index is 12.9. The molecule has 2 aromatic carbocycles. The van der Waals surface area contributed by atoms with Crippen molar-refractivity contribution in [2.45, 2.75) is 13.5 Å². The van der Waals surface area contributed by atoms with Crippen LogP contribution in [0, 0.1) is 0 Å². The molecule has 1 aliphatic carbocycles. The molecule has 0 radical (unpaired) electrons. The van der Waals surface area contributed by atoms with E-state index in [0.29, 0.717) is 50.7 Å². The van der Waals surface area contributed by atoms with E-state index in [4.69, 9.17) is 9.47 Å². The van der Waals surface area contributed by atoms with E-state index in [1.807, 2.05) is 48.5 Å². The molecule has 156 valence electrons. The van der Waals surface area contributed by atoms with E-state index < -0.39 is 0 Å². The predicted octanol–water partition coefficient (Wildman–Crippen LogP) is 3.22. The average molecular weight is 407 g/mol. The van der Waals surface area contributed by atoms with Crippen molar-refractivity contribution in [3.63, 3.8) is 0 Å². The van der Waals surface area contributed by atoms with Crippen molar-refractivity contribution in [2.24, 2.45) is 4.99 Å². The van der Waals surface area contributed by atoms with E-state index in [1.54, 1.807) is 14.0 Å². The van der Waals surface area contributed by atoms with Gasteiger partial charge in [-0.05, 0) is 24.1 Å². The molecule has 1 fully saturated rings. The number of carbonyl (C=O) groups excluding carboxylic acids is 1. The summed E-state index contributed by atoms with van der Waals surface area (Å²) in [5.41, 5.74) is 5.78. The van der Waals surface area contributed by atoms with Crippen molar-refractivity contribution in [1.82, 2.24) is 0 Å². The highest BCUT2D eigenvalue weighted by Crippen LogP contribution is 2.39. The lowest BCUT2D eigenvalue weighted by atomic mass is 9.96. The molecule has 0 bridgehead atoms. The van der Waals surface area contributed by atoms with Gasteiger partial charge in [-0.2, -0.15) is 4.65 Å². The Morgan fingerprint density at radius 2 is 1.87 bits per heavy atom.